The number of anilines is 1. The van der Waals surface area contributed by atoms with Gasteiger partial charge in [0.15, 0.2) is 5.13 Å². The van der Waals surface area contributed by atoms with E-state index in [1.807, 2.05) is 23.6 Å². The molecule has 2 aromatic rings. The van der Waals surface area contributed by atoms with Gasteiger partial charge in [-0.05, 0) is 18.1 Å². The minimum absolute atomic E-state index is 0.0113. The molecule has 0 saturated carbocycles. The average molecular weight is 344 g/mol. The molecule has 3 heterocycles. The molecule has 1 aliphatic rings. The number of likely N-dealkylation sites (tertiary alicyclic amines) is 1. The van der Waals surface area contributed by atoms with Crippen molar-refractivity contribution in [1.29, 1.82) is 0 Å². The van der Waals surface area contributed by atoms with E-state index in [1.165, 1.54) is 11.3 Å². The summed E-state index contributed by atoms with van der Waals surface area (Å²) in [4.78, 5) is 34.9. The molecular formula is C17H20N4O2S. The Bertz CT molecular complexity index is 729. The van der Waals surface area contributed by atoms with Gasteiger partial charge in [-0.15, -0.1) is 11.3 Å². The number of hydrogen-bond donors (Lipinski definition) is 1. The number of carbonyl (C=O) groups is 2. The van der Waals surface area contributed by atoms with Crippen molar-refractivity contribution in [3.63, 3.8) is 0 Å². The molecule has 1 saturated heterocycles. The van der Waals surface area contributed by atoms with Gasteiger partial charge in [0.25, 0.3) is 0 Å². The van der Waals surface area contributed by atoms with Crippen LogP contribution in [0.4, 0.5) is 5.13 Å². The van der Waals surface area contributed by atoms with Gasteiger partial charge < -0.3 is 10.2 Å². The lowest BCUT2D eigenvalue weighted by Gasteiger charge is -2.15. The lowest BCUT2D eigenvalue weighted by molar-refractivity contribution is -0.128. The van der Waals surface area contributed by atoms with E-state index in [4.69, 9.17) is 0 Å². The Labute approximate surface area is 144 Å². The number of aromatic nitrogens is 2. The lowest BCUT2D eigenvalue weighted by atomic mass is 10.1. The summed E-state index contributed by atoms with van der Waals surface area (Å²) < 4.78 is 0. The second kappa shape index (κ2) is 7.09. The Morgan fingerprint density at radius 1 is 1.46 bits per heavy atom. The fourth-order valence-corrected chi connectivity index (χ4v) is 3.48. The summed E-state index contributed by atoms with van der Waals surface area (Å²) in [6, 6.07) is 5.61. The number of nitrogens with one attached hydrogen (secondary N) is 1. The van der Waals surface area contributed by atoms with Gasteiger partial charge in [0, 0.05) is 24.5 Å². The van der Waals surface area contributed by atoms with E-state index < -0.39 is 0 Å². The smallest absolute Gasteiger partial charge is 0.231 e. The van der Waals surface area contributed by atoms with E-state index in [1.54, 1.807) is 11.1 Å². The van der Waals surface area contributed by atoms with Crippen LogP contribution in [0.15, 0.2) is 29.8 Å². The monoisotopic (exact) mass is 344 g/mol. The third-order valence-electron chi connectivity index (χ3n) is 4.01. The molecule has 24 heavy (non-hydrogen) atoms. The van der Waals surface area contributed by atoms with Crippen molar-refractivity contribution in [2.75, 3.05) is 11.9 Å². The second-order valence-corrected chi connectivity index (χ2v) is 7.08. The molecular weight excluding hydrogens is 324 g/mol. The standard InChI is InChI=1S/C17H20N4O2S/c1-11(2)14-10-24-17(19-14)20-16(23)12-7-15(22)21(8-12)9-13-5-3-4-6-18-13/h3-6,10-12H,7-9H2,1-2H3,(H,19,20,23). The maximum atomic E-state index is 12.4. The Morgan fingerprint density at radius 3 is 2.96 bits per heavy atom. The van der Waals surface area contributed by atoms with Crippen LogP contribution >= 0.6 is 11.3 Å². The van der Waals surface area contributed by atoms with Gasteiger partial charge in [0.1, 0.15) is 0 Å². The number of thiazole rings is 1. The summed E-state index contributed by atoms with van der Waals surface area (Å²) in [5.41, 5.74) is 1.79. The highest BCUT2D eigenvalue weighted by molar-refractivity contribution is 7.13. The molecule has 2 amide bonds. The van der Waals surface area contributed by atoms with Crippen LogP contribution in [0.1, 0.15) is 37.6 Å². The van der Waals surface area contributed by atoms with Gasteiger partial charge in [0.2, 0.25) is 11.8 Å². The average Bonchev–Trinajstić information content (AvgIpc) is 3.16. The minimum atomic E-state index is -0.340. The fourth-order valence-electron chi connectivity index (χ4n) is 2.60. The molecule has 0 aliphatic carbocycles. The van der Waals surface area contributed by atoms with Crippen molar-refractivity contribution in [3.8, 4) is 0 Å². The predicted molar refractivity (Wildman–Crippen MR) is 92.6 cm³/mol. The van der Waals surface area contributed by atoms with Crippen molar-refractivity contribution in [2.45, 2.75) is 32.7 Å². The molecule has 1 fully saturated rings. The molecule has 1 unspecified atom stereocenters. The first-order valence-corrected chi connectivity index (χ1v) is 8.85. The molecule has 0 spiro atoms. The molecule has 0 aromatic carbocycles. The molecule has 0 radical (unpaired) electrons. The van der Waals surface area contributed by atoms with Gasteiger partial charge in [-0.2, -0.15) is 0 Å². The van der Waals surface area contributed by atoms with Crippen LogP contribution in [0.25, 0.3) is 0 Å². The van der Waals surface area contributed by atoms with Crippen molar-refractivity contribution < 1.29 is 9.59 Å². The summed E-state index contributed by atoms with van der Waals surface area (Å²) in [5.74, 6) is -0.166. The van der Waals surface area contributed by atoms with Gasteiger partial charge in [-0.1, -0.05) is 19.9 Å². The first kappa shape index (κ1) is 16.6. The van der Waals surface area contributed by atoms with Crippen LogP contribution in [0.2, 0.25) is 0 Å². The maximum Gasteiger partial charge on any atom is 0.231 e. The highest BCUT2D eigenvalue weighted by Gasteiger charge is 2.34. The summed E-state index contributed by atoms with van der Waals surface area (Å²) in [6.07, 6.45) is 1.94. The van der Waals surface area contributed by atoms with Gasteiger partial charge in [0.05, 0.1) is 23.9 Å². The quantitative estimate of drug-likeness (QED) is 0.905. The van der Waals surface area contributed by atoms with Crippen LogP contribution in [0.3, 0.4) is 0 Å². The summed E-state index contributed by atoms with van der Waals surface area (Å²) in [6.45, 7) is 4.99. The molecule has 6 nitrogen and oxygen atoms in total. The molecule has 1 aliphatic heterocycles. The number of amides is 2. The van der Waals surface area contributed by atoms with Crippen molar-refractivity contribution in [3.05, 3.63) is 41.2 Å². The largest absolute Gasteiger partial charge is 0.336 e. The van der Waals surface area contributed by atoms with Crippen LogP contribution in [-0.4, -0.2) is 33.2 Å². The molecule has 1 N–H and O–H groups in total. The minimum Gasteiger partial charge on any atom is -0.336 e. The van der Waals surface area contributed by atoms with E-state index in [0.717, 1.165) is 11.4 Å². The lowest BCUT2D eigenvalue weighted by Crippen LogP contribution is -2.28. The third kappa shape index (κ3) is 3.79. The third-order valence-corrected chi connectivity index (χ3v) is 4.78. The Kier molecular flexibility index (Phi) is 4.89. The zero-order chi connectivity index (χ0) is 17.1. The van der Waals surface area contributed by atoms with Gasteiger partial charge in [-0.25, -0.2) is 4.98 Å². The summed E-state index contributed by atoms with van der Waals surface area (Å²) in [5, 5.41) is 5.39. The van der Waals surface area contributed by atoms with E-state index >= 15 is 0 Å². The first-order valence-electron chi connectivity index (χ1n) is 7.97. The number of nitrogens with zero attached hydrogens (tertiary/aromatic N) is 3. The molecule has 0 bridgehead atoms. The molecule has 126 valence electrons. The van der Waals surface area contributed by atoms with Crippen molar-refractivity contribution >= 4 is 28.3 Å². The highest BCUT2D eigenvalue weighted by Crippen LogP contribution is 2.24. The number of carbonyl (C=O) groups excluding carboxylic acids is 2. The van der Waals surface area contributed by atoms with Crippen molar-refractivity contribution in [1.82, 2.24) is 14.9 Å². The van der Waals surface area contributed by atoms with E-state index in [9.17, 15) is 9.59 Å². The van der Waals surface area contributed by atoms with Crippen molar-refractivity contribution in [2.24, 2.45) is 5.92 Å². The van der Waals surface area contributed by atoms with E-state index in [-0.39, 0.29) is 24.2 Å². The Morgan fingerprint density at radius 2 is 2.29 bits per heavy atom. The Balaban J connectivity index is 1.59. The number of hydrogen-bond acceptors (Lipinski definition) is 5. The van der Waals surface area contributed by atoms with E-state index in [0.29, 0.717) is 24.1 Å². The molecule has 1 atom stereocenters. The molecule has 7 heteroatoms. The van der Waals surface area contributed by atoms with Gasteiger partial charge >= 0.3 is 0 Å². The molecule has 3 rings (SSSR count). The Hall–Kier alpha value is -2.28. The second-order valence-electron chi connectivity index (χ2n) is 6.22. The maximum absolute atomic E-state index is 12.4. The highest BCUT2D eigenvalue weighted by atomic mass is 32.1. The zero-order valence-corrected chi connectivity index (χ0v) is 14.5. The SMILES string of the molecule is CC(C)c1csc(NC(=O)C2CC(=O)N(Cc3ccccn3)C2)n1. The zero-order valence-electron chi connectivity index (χ0n) is 13.7. The normalized spacial score (nSPS) is 17.5. The summed E-state index contributed by atoms with van der Waals surface area (Å²) >= 11 is 1.42. The van der Waals surface area contributed by atoms with Crippen LogP contribution < -0.4 is 5.32 Å². The number of rotatable bonds is 5. The van der Waals surface area contributed by atoms with E-state index in [2.05, 4.69) is 29.1 Å². The fraction of sp³-hybridized carbons (Fsp3) is 0.412. The van der Waals surface area contributed by atoms with Crippen LogP contribution in [0.5, 0.6) is 0 Å². The van der Waals surface area contributed by atoms with Crippen LogP contribution in [-0.2, 0) is 16.1 Å². The number of pyridine rings is 1. The van der Waals surface area contributed by atoms with Crippen LogP contribution in [0, 0.1) is 5.92 Å². The van der Waals surface area contributed by atoms with Gasteiger partial charge in [-0.3, -0.25) is 14.6 Å². The molecule has 2 aromatic heterocycles. The first-order chi connectivity index (χ1) is 11.5. The predicted octanol–water partition coefficient (Wildman–Crippen LogP) is 2.65. The topological polar surface area (TPSA) is 75.2 Å². The summed E-state index contributed by atoms with van der Waals surface area (Å²) in [7, 11) is 0.